The Morgan fingerprint density at radius 2 is 1.73 bits per heavy atom. The summed E-state index contributed by atoms with van der Waals surface area (Å²) in [5, 5.41) is 0. The maximum atomic E-state index is 12.7. The fourth-order valence-electron chi connectivity index (χ4n) is 0.860. The quantitative estimate of drug-likeness (QED) is 0.585. The maximum Gasteiger partial charge on any atom is 0.129 e. The van der Waals surface area contributed by atoms with Gasteiger partial charge < -0.3 is 0 Å². The Morgan fingerprint density at radius 3 is 2.09 bits per heavy atom. The molecule has 1 aromatic rings. The molecule has 0 spiro atoms. The second kappa shape index (κ2) is 2.99. The molecule has 0 fully saturated rings. The van der Waals surface area contributed by atoms with E-state index in [2.05, 4.69) is 6.92 Å². The van der Waals surface area contributed by atoms with E-state index in [-0.39, 0.29) is 5.56 Å². The topological polar surface area (TPSA) is 0 Å². The average molecular weight is 155 g/mol. The molecule has 0 saturated carbocycles. The minimum atomic E-state index is -0.568. The first-order valence-corrected chi connectivity index (χ1v) is 3.45. The van der Waals surface area contributed by atoms with E-state index in [4.69, 9.17) is 0 Å². The molecule has 0 aliphatic carbocycles. The molecule has 0 aliphatic rings. The number of rotatable bonds is 1. The van der Waals surface area contributed by atoms with Gasteiger partial charge in [0.25, 0.3) is 0 Å². The summed E-state index contributed by atoms with van der Waals surface area (Å²) in [4.78, 5) is 0. The van der Waals surface area contributed by atoms with Gasteiger partial charge in [0.1, 0.15) is 11.6 Å². The Bertz CT molecular complexity index is 243. The summed E-state index contributed by atoms with van der Waals surface area (Å²) in [5.41, 5.74) is 0.509. The van der Waals surface area contributed by atoms with Gasteiger partial charge in [0.05, 0.1) is 0 Å². The monoisotopic (exact) mass is 155 g/mol. The Morgan fingerprint density at radius 1 is 1.27 bits per heavy atom. The van der Waals surface area contributed by atoms with E-state index in [1.807, 2.05) is 6.92 Å². The van der Waals surface area contributed by atoms with Crippen LogP contribution in [0.5, 0.6) is 0 Å². The first-order valence-electron chi connectivity index (χ1n) is 3.45. The smallest absolute Gasteiger partial charge is 0.129 e. The van der Waals surface area contributed by atoms with Crippen molar-refractivity contribution in [2.75, 3.05) is 0 Å². The number of hydrogen-bond acceptors (Lipinski definition) is 0. The third-order valence-electron chi connectivity index (χ3n) is 1.61. The van der Waals surface area contributed by atoms with E-state index in [9.17, 15) is 8.78 Å². The van der Waals surface area contributed by atoms with E-state index in [1.165, 1.54) is 12.1 Å². The molecular weight excluding hydrogens is 146 g/mol. The highest BCUT2D eigenvalue weighted by Crippen LogP contribution is 2.14. The van der Waals surface area contributed by atoms with Crippen LogP contribution in [0.3, 0.4) is 0 Å². The van der Waals surface area contributed by atoms with Gasteiger partial charge >= 0.3 is 0 Å². The van der Waals surface area contributed by atoms with Crippen molar-refractivity contribution in [1.82, 2.24) is 0 Å². The summed E-state index contributed by atoms with van der Waals surface area (Å²) in [5.74, 6) is -1.14. The number of aryl methyl sites for hydroxylation is 1. The van der Waals surface area contributed by atoms with Crippen LogP contribution >= 0.6 is 0 Å². The molecule has 0 aromatic heterocycles. The molecule has 1 aromatic carbocycles. The summed E-state index contributed by atoms with van der Waals surface area (Å²) in [7, 11) is 0. The zero-order valence-electron chi connectivity index (χ0n) is 6.32. The lowest BCUT2D eigenvalue weighted by atomic mass is 10.1. The van der Waals surface area contributed by atoms with Gasteiger partial charge in [-0.25, -0.2) is 8.78 Å². The van der Waals surface area contributed by atoms with Crippen molar-refractivity contribution in [3.63, 3.8) is 0 Å². The van der Waals surface area contributed by atoms with E-state index in [1.54, 1.807) is 0 Å². The number of benzene rings is 1. The van der Waals surface area contributed by atoms with Gasteiger partial charge in [0, 0.05) is 5.56 Å². The van der Waals surface area contributed by atoms with Crippen LogP contribution in [-0.2, 0) is 6.42 Å². The van der Waals surface area contributed by atoms with Gasteiger partial charge in [0.15, 0.2) is 0 Å². The Labute approximate surface area is 64.9 Å². The average Bonchev–Trinajstić information content (AvgIpc) is 1.99. The Hall–Kier alpha value is -0.920. The zero-order valence-corrected chi connectivity index (χ0v) is 6.32. The van der Waals surface area contributed by atoms with Gasteiger partial charge in [-0.3, -0.25) is 0 Å². The minimum absolute atomic E-state index is 0.151. The van der Waals surface area contributed by atoms with Crippen molar-refractivity contribution in [3.05, 3.63) is 41.8 Å². The van der Waals surface area contributed by atoms with Crippen LogP contribution in [0.2, 0.25) is 0 Å². The number of halogens is 2. The first kappa shape index (κ1) is 8.18. The van der Waals surface area contributed by atoms with Gasteiger partial charge in [0.2, 0.25) is 0 Å². The molecule has 1 radical (unpaired) electrons. The van der Waals surface area contributed by atoms with Crippen LogP contribution in [0.4, 0.5) is 8.78 Å². The third-order valence-corrected chi connectivity index (χ3v) is 1.61. The van der Waals surface area contributed by atoms with E-state index in [0.29, 0.717) is 12.0 Å². The van der Waals surface area contributed by atoms with Crippen molar-refractivity contribution >= 4 is 0 Å². The van der Waals surface area contributed by atoms with Gasteiger partial charge in [-0.1, -0.05) is 6.92 Å². The Balaban J connectivity index is 3.21. The van der Waals surface area contributed by atoms with E-state index >= 15 is 0 Å². The molecule has 0 heterocycles. The second-order valence-corrected chi connectivity index (χ2v) is 2.39. The summed E-state index contributed by atoms with van der Waals surface area (Å²) in [6.45, 7) is 5.09. The SMILES string of the molecule is [CH2]c1c(F)cc(CC)cc1F. The molecule has 0 nitrogen and oxygen atoms in total. The summed E-state index contributed by atoms with van der Waals surface area (Å²) < 4.78 is 25.4. The first-order chi connectivity index (χ1) is 5.15. The van der Waals surface area contributed by atoms with Crippen molar-refractivity contribution in [1.29, 1.82) is 0 Å². The van der Waals surface area contributed by atoms with Crippen molar-refractivity contribution in [3.8, 4) is 0 Å². The Kier molecular flexibility index (Phi) is 2.22. The molecule has 0 bridgehead atoms. The predicted octanol–water partition coefficient (Wildman–Crippen LogP) is 2.71. The molecule has 0 atom stereocenters. The molecule has 0 aliphatic heterocycles. The largest absolute Gasteiger partial charge is 0.207 e. The van der Waals surface area contributed by atoms with E-state index in [0.717, 1.165) is 0 Å². The van der Waals surface area contributed by atoms with Gasteiger partial charge in [-0.2, -0.15) is 0 Å². The van der Waals surface area contributed by atoms with Crippen LogP contribution in [0.1, 0.15) is 18.1 Å². The molecule has 2 heteroatoms. The van der Waals surface area contributed by atoms with Crippen molar-refractivity contribution in [2.45, 2.75) is 13.3 Å². The van der Waals surface area contributed by atoms with Gasteiger partial charge in [-0.15, -0.1) is 0 Å². The molecule has 1 rings (SSSR count). The van der Waals surface area contributed by atoms with Crippen LogP contribution in [0, 0.1) is 18.6 Å². The third kappa shape index (κ3) is 1.56. The highest BCUT2D eigenvalue weighted by Gasteiger charge is 2.04. The zero-order chi connectivity index (χ0) is 8.43. The standard InChI is InChI=1S/C9H9F2/c1-3-7-4-8(10)6(2)9(11)5-7/h4-5H,2-3H2,1H3. The predicted molar refractivity (Wildman–Crippen MR) is 40.2 cm³/mol. The summed E-state index contributed by atoms with van der Waals surface area (Å²) in [6.07, 6.45) is 0.633. The molecule has 0 unspecified atom stereocenters. The molecule has 59 valence electrons. The highest BCUT2D eigenvalue weighted by atomic mass is 19.1. The summed E-state index contributed by atoms with van der Waals surface area (Å²) in [6, 6.07) is 2.62. The number of hydrogen-bond donors (Lipinski definition) is 0. The van der Waals surface area contributed by atoms with Crippen LogP contribution in [0.15, 0.2) is 12.1 Å². The lowest BCUT2D eigenvalue weighted by molar-refractivity contribution is 0.572. The molecule has 11 heavy (non-hydrogen) atoms. The second-order valence-electron chi connectivity index (χ2n) is 2.39. The van der Waals surface area contributed by atoms with Crippen LogP contribution in [-0.4, -0.2) is 0 Å². The fraction of sp³-hybridized carbons (Fsp3) is 0.222. The maximum absolute atomic E-state index is 12.7. The lowest BCUT2D eigenvalue weighted by Crippen LogP contribution is -1.91. The van der Waals surface area contributed by atoms with Crippen molar-refractivity contribution < 1.29 is 8.78 Å². The normalized spacial score (nSPS) is 10.2. The van der Waals surface area contributed by atoms with Crippen LogP contribution in [0.25, 0.3) is 0 Å². The molecule has 0 saturated heterocycles. The molecular formula is C9H9F2. The lowest BCUT2D eigenvalue weighted by Gasteiger charge is -2.01. The van der Waals surface area contributed by atoms with Gasteiger partial charge in [-0.05, 0) is 31.0 Å². The molecule has 0 amide bonds. The van der Waals surface area contributed by atoms with E-state index < -0.39 is 11.6 Å². The fourth-order valence-corrected chi connectivity index (χ4v) is 0.860. The highest BCUT2D eigenvalue weighted by molar-refractivity contribution is 5.27. The summed E-state index contributed by atoms with van der Waals surface area (Å²) >= 11 is 0. The minimum Gasteiger partial charge on any atom is -0.207 e. The molecule has 0 N–H and O–H groups in total. The van der Waals surface area contributed by atoms with Crippen molar-refractivity contribution in [2.24, 2.45) is 0 Å². The van der Waals surface area contributed by atoms with Crippen LogP contribution < -0.4 is 0 Å².